The van der Waals surface area contributed by atoms with Crippen LogP contribution in [0.15, 0.2) is 0 Å². The van der Waals surface area contributed by atoms with Crippen LogP contribution >= 0.6 is 0 Å². The predicted octanol–water partition coefficient (Wildman–Crippen LogP) is 2.33. The molecule has 0 unspecified atom stereocenters. The van der Waals surface area contributed by atoms with Crippen LogP contribution in [0.5, 0.6) is 0 Å². The van der Waals surface area contributed by atoms with E-state index in [0.29, 0.717) is 0 Å². The maximum atomic E-state index is 3.53. The summed E-state index contributed by atoms with van der Waals surface area (Å²) in [6.45, 7) is 7.98. The molecule has 0 bridgehead atoms. The molecule has 2 spiro atoms. The summed E-state index contributed by atoms with van der Waals surface area (Å²) in [6, 6.07) is 0.937. The first kappa shape index (κ1) is 14.5. The molecular weight excluding hydrogens is 258 g/mol. The fourth-order valence-corrected chi connectivity index (χ4v) is 5.52. The Morgan fingerprint density at radius 2 is 1.33 bits per heavy atom. The third-order valence-electron chi connectivity index (χ3n) is 7.42. The lowest BCUT2D eigenvalue weighted by atomic mass is 9.59. The predicted molar refractivity (Wildman–Crippen MR) is 87.5 cm³/mol. The number of likely N-dealkylation sites (tertiary alicyclic amines) is 2. The zero-order chi connectivity index (χ0) is 14.3. The average Bonchev–Trinajstić information content (AvgIpc) is 2.50. The molecule has 1 aliphatic carbocycles. The van der Waals surface area contributed by atoms with Crippen molar-refractivity contribution in [2.45, 2.75) is 57.4 Å². The van der Waals surface area contributed by atoms with Crippen LogP contribution in [0.3, 0.4) is 0 Å². The van der Waals surface area contributed by atoms with Crippen molar-refractivity contribution in [2.24, 2.45) is 10.8 Å². The Balaban J connectivity index is 1.27. The van der Waals surface area contributed by atoms with Gasteiger partial charge in [-0.05, 0) is 109 Å². The summed E-state index contributed by atoms with van der Waals surface area (Å²) in [6.07, 6.45) is 11.8. The molecule has 4 aliphatic rings. The second-order valence-corrected chi connectivity index (χ2v) is 8.65. The molecule has 0 amide bonds. The van der Waals surface area contributed by atoms with E-state index in [2.05, 4.69) is 22.2 Å². The van der Waals surface area contributed by atoms with Crippen molar-refractivity contribution in [2.75, 3.05) is 46.3 Å². The molecule has 3 aliphatic heterocycles. The van der Waals surface area contributed by atoms with Crippen molar-refractivity contribution in [3.63, 3.8) is 0 Å². The van der Waals surface area contributed by atoms with Gasteiger partial charge in [0.2, 0.25) is 0 Å². The van der Waals surface area contributed by atoms with Gasteiger partial charge in [-0.25, -0.2) is 0 Å². The van der Waals surface area contributed by atoms with Gasteiger partial charge in [0.1, 0.15) is 0 Å². The molecule has 3 saturated heterocycles. The minimum absolute atomic E-state index is 0.721. The highest BCUT2D eigenvalue weighted by molar-refractivity contribution is 5.02. The van der Waals surface area contributed by atoms with Crippen LogP contribution in [0.4, 0.5) is 0 Å². The van der Waals surface area contributed by atoms with Gasteiger partial charge in [-0.1, -0.05) is 0 Å². The standard InChI is InChI=1S/C18H33N3/c1-20-10-4-17(5-11-20)6-12-21(13-7-17)16-14-18(15-16)2-8-19-9-3-18/h16,19H,2-15H2,1H3. The van der Waals surface area contributed by atoms with Gasteiger partial charge in [0.25, 0.3) is 0 Å². The zero-order valence-electron chi connectivity index (χ0n) is 13.9. The topological polar surface area (TPSA) is 18.5 Å². The third-order valence-corrected chi connectivity index (χ3v) is 7.42. The van der Waals surface area contributed by atoms with E-state index in [0.717, 1.165) is 16.9 Å². The number of hydrogen-bond donors (Lipinski definition) is 1. The summed E-state index contributed by atoms with van der Waals surface area (Å²) < 4.78 is 0. The molecule has 21 heavy (non-hydrogen) atoms. The Kier molecular flexibility index (Phi) is 3.79. The molecule has 3 nitrogen and oxygen atoms in total. The number of nitrogens with one attached hydrogen (secondary N) is 1. The molecule has 0 aromatic heterocycles. The van der Waals surface area contributed by atoms with E-state index in [-0.39, 0.29) is 0 Å². The molecule has 0 aromatic rings. The fraction of sp³-hybridized carbons (Fsp3) is 1.00. The van der Waals surface area contributed by atoms with Crippen molar-refractivity contribution in [3.8, 4) is 0 Å². The number of rotatable bonds is 1. The monoisotopic (exact) mass is 291 g/mol. The van der Waals surface area contributed by atoms with Crippen LogP contribution in [-0.4, -0.2) is 62.2 Å². The minimum atomic E-state index is 0.721. The van der Waals surface area contributed by atoms with Crippen LogP contribution in [0, 0.1) is 10.8 Å². The Hall–Kier alpha value is -0.120. The molecule has 1 N–H and O–H groups in total. The summed E-state index contributed by atoms with van der Waals surface area (Å²) in [7, 11) is 2.29. The number of hydrogen-bond acceptors (Lipinski definition) is 3. The lowest BCUT2D eigenvalue weighted by Crippen LogP contribution is -2.57. The van der Waals surface area contributed by atoms with E-state index in [1.165, 1.54) is 90.6 Å². The summed E-state index contributed by atoms with van der Waals surface area (Å²) in [5.74, 6) is 0. The molecule has 3 heterocycles. The molecule has 4 rings (SSSR count). The van der Waals surface area contributed by atoms with Crippen LogP contribution in [0.25, 0.3) is 0 Å². The summed E-state index contributed by atoms with van der Waals surface area (Å²) in [4.78, 5) is 5.38. The van der Waals surface area contributed by atoms with Crippen LogP contribution in [0.1, 0.15) is 51.4 Å². The van der Waals surface area contributed by atoms with Gasteiger partial charge >= 0.3 is 0 Å². The van der Waals surface area contributed by atoms with Gasteiger partial charge in [-0.15, -0.1) is 0 Å². The zero-order valence-corrected chi connectivity index (χ0v) is 13.9. The Morgan fingerprint density at radius 3 is 1.95 bits per heavy atom. The summed E-state index contributed by atoms with van der Waals surface area (Å²) >= 11 is 0. The first-order chi connectivity index (χ1) is 10.2. The highest BCUT2D eigenvalue weighted by atomic mass is 15.2. The van der Waals surface area contributed by atoms with Crippen molar-refractivity contribution >= 4 is 0 Å². The van der Waals surface area contributed by atoms with E-state index >= 15 is 0 Å². The highest BCUT2D eigenvalue weighted by Crippen LogP contribution is 2.51. The average molecular weight is 291 g/mol. The largest absolute Gasteiger partial charge is 0.317 e. The third kappa shape index (κ3) is 2.77. The van der Waals surface area contributed by atoms with E-state index in [9.17, 15) is 0 Å². The molecule has 4 fully saturated rings. The fourth-order valence-electron chi connectivity index (χ4n) is 5.52. The minimum Gasteiger partial charge on any atom is -0.317 e. The molecule has 1 saturated carbocycles. The van der Waals surface area contributed by atoms with E-state index in [4.69, 9.17) is 0 Å². The van der Waals surface area contributed by atoms with Gasteiger partial charge in [0.15, 0.2) is 0 Å². The van der Waals surface area contributed by atoms with Crippen molar-refractivity contribution in [1.29, 1.82) is 0 Å². The molecule has 120 valence electrons. The van der Waals surface area contributed by atoms with Gasteiger partial charge in [0.05, 0.1) is 0 Å². The van der Waals surface area contributed by atoms with Gasteiger partial charge in [-0.2, -0.15) is 0 Å². The maximum Gasteiger partial charge on any atom is 0.0106 e. The Labute approximate surface area is 130 Å². The maximum absolute atomic E-state index is 3.53. The van der Waals surface area contributed by atoms with Gasteiger partial charge in [-0.3, -0.25) is 0 Å². The first-order valence-electron chi connectivity index (χ1n) is 9.32. The normalized spacial score (nSPS) is 34.1. The van der Waals surface area contributed by atoms with Crippen LogP contribution in [-0.2, 0) is 0 Å². The number of nitrogens with zero attached hydrogens (tertiary/aromatic N) is 2. The van der Waals surface area contributed by atoms with E-state index in [1.807, 2.05) is 0 Å². The van der Waals surface area contributed by atoms with Crippen molar-refractivity contribution in [1.82, 2.24) is 15.1 Å². The van der Waals surface area contributed by atoms with E-state index in [1.54, 1.807) is 0 Å². The second-order valence-electron chi connectivity index (χ2n) is 8.65. The molecular formula is C18H33N3. The molecule has 0 atom stereocenters. The van der Waals surface area contributed by atoms with Gasteiger partial charge in [0, 0.05) is 6.04 Å². The Bertz CT molecular complexity index is 349. The lowest BCUT2D eigenvalue weighted by Gasteiger charge is -2.56. The summed E-state index contributed by atoms with van der Waals surface area (Å²) in [5.41, 5.74) is 1.47. The van der Waals surface area contributed by atoms with Gasteiger partial charge < -0.3 is 15.1 Å². The van der Waals surface area contributed by atoms with Crippen LogP contribution < -0.4 is 5.32 Å². The highest BCUT2D eigenvalue weighted by Gasteiger charge is 2.48. The summed E-state index contributed by atoms with van der Waals surface area (Å²) in [5, 5.41) is 3.53. The smallest absolute Gasteiger partial charge is 0.0106 e. The molecule has 0 radical (unpaired) electrons. The lowest BCUT2D eigenvalue weighted by molar-refractivity contribution is -0.0527. The second kappa shape index (κ2) is 5.50. The number of piperidine rings is 3. The molecule has 0 aromatic carbocycles. The Morgan fingerprint density at radius 1 is 0.762 bits per heavy atom. The molecule has 3 heteroatoms. The quantitative estimate of drug-likeness (QED) is 0.800. The SMILES string of the molecule is CN1CCC2(CC1)CCN(C1CC3(CCNCC3)C1)CC2. The first-order valence-corrected chi connectivity index (χ1v) is 9.32. The van der Waals surface area contributed by atoms with Crippen LogP contribution in [0.2, 0.25) is 0 Å². The van der Waals surface area contributed by atoms with Crippen molar-refractivity contribution in [3.05, 3.63) is 0 Å². The van der Waals surface area contributed by atoms with Crippen molar-refractivity contribution < 1.29 is 0 Å². The van der Waals surface area contributed by atoms with E-state index < -0.39 is 0 Å².